The third-order valence-corrected chi connectivity index (χ3v) is 8.18. The van der Waals surface area contributed by atoms with Gasteiger partial charge in [0.1, 0.15) is 35.2 Å². The predicted octanol–water partition coefficient (Wildman–Crippen LogP) is 6.39. The van der Waals surface area contributed by atoms with Crippen LogP contribution in [0, 0.1) is 6.92 Å². The molecule has 1 unspecified atom stereocenters. The summed E-state index contributed by atoms with van der Waals surface area (Å²) in [5, 5.41) is 19.9. The van der Waals surface area contributed by atoms with E-state index in [0.717, 1.165) is 16.9 Å². The van der Waals surface area contributed by atoms with Crippen molar-refractivity contribution in [2.75, 3.05) is 18.6 Å². The molecule has 0 spiro atoms. The van der Waals surface area contributed by atoms with E-state index < -0.39 is 17.2 Å². The Morgan fingerprint density at radius 1 is 1.02 bits per heavy atom. The fraction of sp³-hybridized carbons (Fsp3) is 0.257. The highest BCUT2D eigenvalue weighted by atomic mass is 32.1. The number of phenols is 1. The van der Waals surface area contributed by atoms with Crippen LogP contribution in [-0.4, -0.2) is 52.5 Å². The summed E-state index contributed by atoms with van der Waals surface area (Å²) in [6.07, 6.45) is 4.66. The van der Waals surface area contributed by atoms with Gasteiger partial charge in [-0.2, -0.15) is 0 Å². The zero-order valence-corrected chi connectivity index (χ0v) is 27.4. The SMILES string of the molecule is Cc1cc(Oc2cc(N(C)C(=O)OC(C)(C)C)ccc2C2(C(=O)COc3ccc(Cc4sc(=O)[nH]c4O)cc3)C=CC=N2)ccc1O. The number of aryl methyl sites for hydroxylation is 1. The van der Waals surface area contributed by atoms with E-state index in [0.29, 0.717) is 39.6 Å². The Kier molecular flexibility index (Phi) is 9.25. The number of allylic oxidation sites excluding steroid dienone is 1. The smallest absolute Gasteiger partial charge is 0.414 e. The number of rotatable bonds is 10. The highest BCUT2D eigenvalue weighted by Gasteiger charge is 2.41. The number of anilines is 1. The van der Waals surface area contributed by atoms with Crippen LogP contribution in [0.2, 0.25) is 0 Å². The number of aromatic hydroxyl groups is 2. The number of benzene rings is 3. The molecule has 4 aromatic rings. The average molecular weight is 658 g/mol. The van der Waals surface area contributed by atoms with Crippen molar-refractivity contribution in [3.8, 4) is 28.9 Å². The van der Waals surface area contributed by atoms with Gasteiger partial charge in [0.05, 0.1) is 10.6 Å². The first-order valence-corrected chi connectivity index (χ1v) is 15.5. The molecule has 3 aromatic carbocycles. The zero-order valence-electron chi connectivity index (χ0n) is 26.6. The number of ketones is 1. The molecule has 12 heteroatoms. The van der Waals surface area contributed by atoms with Crippen molar-refractivity contribution in [2.24, 2.45) is 4.99 Å². The number of nitrogens with one attached hydrogen (secondary N) is 1. The van der Waals surface area contributed by atoms with Crippen LogP contribution >= 0.6 is 11.3 Å². The molecule has 5 rings (SSSR count). The number of carbonyl (C=O) groups is 2. The summed E-state index contributed by atoms with van der Waals surface area (Å²) in [4.78, 5) is 46.8. The quantitative estimate of drug-likeness (QED) is 0.177. The largest absolute Gasteiger partial charge is 0.508 e. The van der Waals surface area contributed by atoms with Crippen LogP contribution in [0.5, 0.6) is 28.9 Å². The third kappa shape index (κ3) is 7.55. The lowest BCUT2D eigenvalue weighted by atomic mass is 9.86. The van der Waals surface area contributed by atoms with Crippen molar-refractivity contribution in [1.29, 1.82) is 0 Å². The van der Waals surface area contributed by atoms with Crippen molar-refractivity contribution in [3.05, 3.63) is 104 Å². The van der Waals surface area contributed by atoms with Crippen molar-refractivity contribution in [2.45, 2.75) is 45.3 Å². The number of thiazole rings is 1. The van der Waals surface area contributed by atoms with Gasteiger partial charge in [-0.05, 0) is 93.4 Å². The number of aromatic nitrogens is 1. The van der Waals surface area contributed by atoms with Gasteiger partial charge < -0.3 is 24.4 Å². The van der Waals surface area contributed by atoms with E-state index in [4.69, 9.17) is 14.2 Å². The number of phenolic OH excluding ortho intramolecular Hbond substituents is 1. The summed E-state index contributed by atoms with van der Waals surface area (Å²) in [6.45, 7) is 6.75. The van der Waals surface area contributed by atoms with Gasteiger partial charge in [-0.1, -0.05) is 23.5 Å². The zero-order chi connectivity index (χ0) is 33.9. The summed E-state index contributed by atoms with van der Waals surface area (Å²) in [7, 11) is 1.58. The first-order valence-electron chi connectivity index (χ1n) is 14.7. The van der Waals surface area contributed by atoms with Crippen LogP contribution in [0.25, 0.3) is 0 Å². The molecule has 0 saturated carbocycles. The van der Waals surface area contributed by atoms with Crippen molar-refractivity contribution >= 4 is 35.1 Å². The molecule has 1 aliphatic heterocycles. The molecule has 11 nitrogen and oxygen atoms in total. The monoisotopic (exact) mass is 657 g/mol. The van der Waals surface area contributed by atoms with Crippen LogP contribution in [-0.2, 0) is 21.5 Å². The van der Waals surface area contributed by atoms with Crippen LogP contribution in [0.3, 0.4) is 0 Å². The Balaban J connectivity index is 1.42. The molecule has 3 N–H and O–H groups in total. The molecule has 47 heavy (non-hydrogen) atoms. The Bertz CT molecular complexity index is 1910. The topological polar surface area (TPSA) is 151 Å². The third-order valence-electron chi connectivity index (χ3n) is 7.31. The molecule has 1 amide bonds. The van der Waals surface area contributed by atoms with Crippen LogP contribution in [0.4, 0.5) is 10.5 Å². The normalized spacial score (nSPS) is 15.4. The minimum Gasteiger partial charge on any atom is -0.508 e. The Hall–Kier alpha value is -5.36. The number of hydrogen-bond donors (Lipinski definition) is 3. The number of aromatic amines is 1. The first kappa shape index (κ1) is 33.0. The summed E-state index contributed by atoms with van der Waals surface area (Å²) in [5.74, 6) is 0.711. The lowest BCUT2D eigenvalue weighted by Crippen LogP contribution is -2.36. The minimum absolute atomic E-state index is 0.107. The fourth-order valence-electron chi connectivity index (χ4n) is 4.85. The molecular formula is C35H35N3O8S. The summed E-state index contributed by atoms with van der Waals surface area (Å²) in [6, 6.07) is 16.8. The van der Waals surface area contributed by atoms with E-state index in [1.165, 1.54) is 17.2 Å². The lowest BCUT2D eigenvalue weighted by molar-refractivity contribution is -0.124. The van der Waals surface area contributed by atoms with Gasteiger partial charge in [0.25, 0.3) is 0 Å². The molecule has 0 fully saturated rings. The molecule has 0 saturated heterocycles. The fourth-order valence-corrected chi connectivity index (χ4v) is 5.61. The van der Waals surface area contributed by atoms with E-state index in [1.54, 1.807) is 101 Å². The number of amides is 1. The maximum atomic E-state index is 14.0. The second-order valence-corrected chi connectivity index (χ2v) is 13.1. The van der Waals surface area contributed by atoms with Crippen molar-refractivity contribution in [3.63, 3.8) is 0 Å². The van der Waals surface area contributed by atoms with Gasteiger partial charge in [0, 0.05) is 31.3 Å². The predicted molar refractivity (Wildman–Crippen MR) is 180 cm³/mol. The molecule has 0 bridgehead atoms. The molecule has 0 radical (unpaired) electrons. The molecular weight excluding hydrogens is 622 g/mol. The maximum Gasteiger partial charge on any atom is 0.414 e. The number of nitrogens with zero attached hydrogens (tertiary/aromatic N) is 2. The van der Waals surface area contributed by atoms with E-state index in [-0.39, 0.29) is 34.6 Å². The number of aliphatic imine (C=N–C) groups is 1. The van der Waals surface area contributed by atoms with Gasteiger partial charge in [0.15, 0.2) is 5.54 Å². The number of hydrogen-bond acceptors (Lipinski definition) is 10. The molecule has 1 aromatic heterocycles. The Labute approximate surface area is 275 Å². The molecule has 1 atom stereocenters. The summed E-state index contributed by atoms with van der Waals surface area (Å²) >= 11 is 0.944. The van der Waals surface area contributed by atoms with Crippen LogP contribution < -0.4 is 19.2 Å². The second-order valence-electron chi connectivity index (χ2n) is 12.0. The van der Waals surface area contributed by atoms with Gasteiger partial charge in [-0.15, -0.1) is 0 Å². The Morgan fingerprint density at radius 3 is 2.36 bits per heavy atom. The van der Waals surface area contributed by atoms with E-state index in [2.05, 4.69) is 9.98 Å². The minimum atomic E-state index is -1.48. The highest BCUT2D eigenvalue weighted by Crippen LogP contribution is 2.42. The second kappa shape index (κ2) is 13.2. The lowest BCUT2D eigenvalue weighted by Gasteiger charge is -2.28. The first-order chi connectivity index (χ1) is 22.2. The van der Waals surface area contributed by atoms with Gasteiger partial charge >= 0.3 is 11.0 Å². The van der Waals surface area contributed by atoms with Gasteiger partial charge in [-0.25, -0.2) is 4.79 Å². The molecule has 2 heterocycles. The Morgan fingerprint density at radius 2 is 1.74 bits per heavy atom. The average Bonchev–Trinajstić information content (AvgIpc) is 3.63. The number of H-pyrrole nitrogens is 1. The van der Waals surface area contributed by atoms with Crippen LogP contribution in [0.15, 0.2) is 82.6 Å². The molecule has 244 valence electrons. The van der Waals surface area contributed by atoms with Crippen LogP contribution in [0.1, 0.15) is 42.3 Å². The maximum absolute atomic E-state index is 14.0. The summed E-state index contributed by atoms with van der Waals surface area (Å²) in [5.41, 5.74) is 0.130. The number of ether oxygens (including phenoxy) is 3. The van der Waals surface area contributed by atoms with Gasteiger partial charge in [0.2, 0.25) is 11.7 Å². The number of Topliss-reactive ketones (excluding diaryl/α,β-unsaturated/α-hetero) is 1. The van der Waals surface area contributed by atoms with Crippen molar-refractivity contribution < 1.29 is 34.0 Å². The van der Waals surface area contributed by atoms with E-state index in [1.807, 2.05) is 0 Å². The highest BCUT2D eigenvalue weighted by molar-refractivity contribution is 7.09. The number of carbonyl (C=O) groups excluding carboxylic acids is 2. The van der Waals surface area contributed by atoms with E-state index >= 15 is 0 Å². The molecule has 1 aliphatic rings. The summed E-state index contributed by atoms with van der Waals surface area (Å²) < 4.78 is 17.7. The van der Waals surface area contributed by atoms with E-state index in [9.17, 15) is 24.6 Å². The molecule has 0 aliphatic carbocycles. The standard InChI is InChI=1S/C35H35N3O8S/c1-21-17-25(12-14-27(21)39)45-28-19-23(38(5)33(43)46-34(2,3)4)9-13-26(28)35(15-6-16-36-35)30(40)20-44-24-10-7-22(8-11-24)18-29-31(41)37-32(42)47-29/h6-17,19,39,41H,18,20H2,1-5H3,(H,37,42). The van der Waals surface area contributed by atoms with Gasteiger partial charge in [-0.3, -0.25) is 24.5 Å². The van der Waals surface area contributed by atoms with Crippen molar-refractivity contribution in [1.82, 2.24) is 4.98 Å².